The zero-order chi connectivity index (χ0) is 9.84. The second kappa shape index (κ2) is 4.47. The number of aromatic nitrogens is 1. The van der Waals surface area contributed by atoms with Gasteiger partial charge in [0.1, 0.15) is 11.0 Å². The Morgan fingerprint density at radius 2 is 2.23 bits per heavy atom. The predicted octanol–water partition coefficient (Wildman–Crippen LogP) is 3.22. The summed E-state index contributed by atoms with van der Waals surface area (Å²) in [5.41, 5.74) is 6.78. The molecule has 0 fully saturated rings. The second-order valence-electron chi connectivity index (χ2n) is 3.34. The highest BCUT2D eigenvalue weighted by Crippen LogP contribution is 2.23. The van der Waals surface area contributed by atoms with Gasteiger partial charge in [0.15, 0.2) is 0 Å². The van der Waals surface area contributed by atoms with Crippen molar-refractivity contribution in [2.24, 2.45) is 0 Å². The molecule has 0 spiro atoms. The first-order valence-electron chi connectivity index (χ1n) is 4.56. The minimum Gasteiger partial charge on any atom is -0.384 e. The van der Waals surface area contributed by atoms with E-state index in [-0.39, 0.29) is 0 Å². The van der Waals surface area contributed by atoms with Crippen LogP contribution in [0.25, 0.3) is 0 Å². The number of rotatable bonds is 3. The number of hydrogen-bond donors (Lipinski definition) is 1. The highest BCUT2D eigenvalue weighted by Gasteiger charge is 2.06. The summed E-state index contributed by atoms with van der Waals surface area (Å²) < 4.78 is 0. The molecule has 1 unspecified atom stereocenters. The summed E-state index contributed by atoms with van der Waals surface area (Å²) in [5.74, 6) is 1.01. The minimum atomic E-state index is 0.484. The molecule has 0 radical (unpaired) electrons. The van der Waals surface area contributed by atoms with Gasteiger partial charge in [0.2, 0.25) is 0 Å². The summed E-state index contributed by atoms with van der Waals surface area (Å²) in [7, 11) is 0. The molecular weight excluding hydrogens is 184 g/mol. The summed E-state index contributed by atoms with van der Waals surface area (Å²) in [5, 5.41) is 0.484. The fraction of sp³-hybridized carbons (Fsp3) is 0.500. The Morgan fingerprint density at radius 3 is 2.77 bits per heavy atom. The van der Waals surface area contributed by atoms with Gasteiger partial charge < -0.3 is 5.73 Å². The van der Waals surface area contributed by atoms with Crippen LogP contribution in [0, 0.1) is 0 Å². The zero-order valence-electron chi connectivity index (χ0n) is 8.05. The lowest BCUT2D eigenvalue weighted by Crippen LogP contribution is -1.97. The van der Waals surface area contributed by atoms with Crippen molar-refractivity contribution in [3.8, 4) is 0 Å². The van der Waals surface area contributed by atoms with Gasteiger partial charge in [0.05, 0.1) is 0 Å². The Balaban J connectivity index is 2.87. The Bertz CT molecular complexity index is 266. The van der Waals surface area contributed by atoms with Crippen LogP contribution >= 0.6 is 11.6 Å². The maximum Gasteiger partial charge on any atom is 0.131 e. The monoisotopic (exact) mass is 198 g/mol. The van der Waals surface area contributed by atoms with Crippen molar-refractivity contribution < 1.29 is 0 Å². The van der Waals surface area contributed by atoms with Gasteiger partial charge in [0, 0.05) is 0 Å². The van der Waals surface area contributed by atoms with Crippen LogP contribution in [0.4, 0.5) is 5.82 Å². The lowest BCUT2D eigenvalue weighted by Gasteiger charge is -2.10. The molecule has 72 valence electrons. The minimum absolute atomic E-state index is 0.484. The van der Waals surface area contributed by atoms with E-state index in [9.17, 15) is 0 Å². The van der Waals surface area contributed by atoms with Crippen molar-refractivity contribution >= 4 is 17.4 Å². The normalized spacial score (nSPS) is 12.8. The molecule has 1 atom stereocenters. The Hall–Kier alpha value is -0.760. The summed E-state index contributed by atoms with van der Waals surface area (Å²) in [4.78, 5) is 3.92. The molecular formula is C10H15ClN2. The predicted molar refractivity (Wildman–Crippen MR) is 57.0 cm³/mol. The van der Waals surface area contributed by atoms with Crippen LogP contribution in [0.2, 0.25) is 5.15 Å². The number of halogens is 1. The lowest BCUT2D eigenvalue weighted by atomic mass is 9.97. The van der Waals surface area contributed by atoms with Gasteiger partial charge >= 0.3 is 0 Å². The third kappa shape index (κ3) is 2.88. The molecule has 1 aromatic rings. The zero-order valence-corrected chi connectivity index (χ0v) is 8.80. The van der Waals surface area contributed by atoms with E-state index in [4.69, 9.17) is 17.3 Å². The van der Waals surface area contributed by atoms with Crippen LogP contribution in [-0.4, -0.2) is 4.98 Å². The van der Waals surface area contributed by atoms with Crippen molar-refractivity contribution in [3.63, 3.8) is 0 Å². The van der Waals surface area contributed by atoms with Gasteiger partial charge in [-0.05, 0) is 30.0 Å². The molecule has 0 aliphatic heterocycles. The molecule has 1 aromatic heterocycles. The quantitative estimate of drug-likeness (QED) is 0.758. The highest BCUT2D eigenvalue weighted by atomic mass is 35.5. The SMILES string of the molecule is CCCC(C)c1cc(N)nc(Cl)c1. The highest BCUT2D eigenvalue weighted by molar-refractivity contribution is 6.29. The maximum atomic E-state index is 5.80. The molecule has 0 saturated carbocycles. The maximum absolute atomic E-state index is 5.80. The average molecular weight is 199 g/mol. The van der Waals surface area contributed by atoms with E-state index in [1.54, 1.807) is 0 Å². The number of nitrogen functional groups attached to an aromatic ring is 1. The van der Waals surface area contributed by atoms with Crippen LogP contribution in [0.5, 0.6) is 0 Å². The molecule has 2 nitrogen and oxygen atoms in total. The fourth-order valence-corrected chi connectivity index (χ4v) is 1.65. The summed E-state index contributed by atoms with van der Waals surface area (Å²) in [6, 6.07) is 3.78. The van der Waals surface area contributed by atoms with Crippen LogP contribution in [0.1, 0.15) is 38.2 Å². The van der Waals surface area contributed by atoms with E-state index < -0.39 is 0 Å². The summed E-state index contributed by atoms with van der Waals surface area (Å²) in [6.45, 7) is 4.34. The van der Waals surface area contributed by atoms with Gasteiger partial charge in [-0.2, -0.15) is 0 Å². The first-order chi connectivity index (χ1) is 6.13. The van der Waals surface area contributed by atoms with E-state index in [0.29, 0.717) is 16.9 Å². The Labute approximate surface area is 84.1 Å². The fourth-order valence-electron chi connectivity index (χ4n) is 1.42. The first kappa shape index (κ1) is 10.3. The van der Waals surface area contributed by atoms with E-state index in [1.807, 2.05) is 12.1 Å². The number of pyridine rings is 1. The Kier molecular flexibility index (Phi) is 3.55. The van der Waals surface area contributed by atoms with E-state index in [1.165, 1.54) is 12.0 Å². The largest absolute Gasteiger partial charge is 0.384 e. The van der Waals surface area contributed by atoms with Gasteiger partial charge in [-0.15, -0.1) is 0 Å². The van der Waals surface area contributed by atoms with Gasteiger partial charge in [0.25, 0.3) is 0 Å². The van der Waals surface area contributed by atoms with Crippen LogP contribution in [0.15, 0.2) is 12.1 Å². The van der Waals surface area contributed by atoms with Crippen LogP contribution in [-0.2, 0) is 0 Å². The number of hydrogen-bond acceptors (Lipinski definition) is 2. The molecule has 0 aromatic carbocycles. The molecule has 2 N–H and O–H groups in total. The molecule has 1 rings (SSSR count). The molecule has 1 heterocycles. The summed E-state index contributed by atoms with van der Waals surface area (Å²) >= 11 is 5.80. The smallest absolute Gasteiger partial charge is 0.131 e. The molecule has 0 aliphatic carbocycles. The summed E-state index contributed by atoms with van der Waals surface area (Å²) in [6.07, 6.45) is 2.32. The average Bonchev–Trinajstić information content (AvgIpc) is 2.03. The first-order valence-corrected chi connectivity index (χ1v) is 4.94. The van der Waals surface area contributed by atoms with Crippen molar-refractivity contribution in [3.05, 3.63) is 22.8 Å². The van der Waals surface area contributed by atoms with Crippen LogP contribution < -0.4 is 5.73 Å². The number of nitrogens with zero attached hydrogens (tertiary/aromatic N) is 1. The van der Waals surface area contributed by atoms with Crippen molar-refractivity contribution in [1.29, 1.82) is 0 Å². The van der Waals surface area contributed by atoms with Gasteiger partial charge in [-0.25, -0.2) is 4.98 Å². The third-order valence-electron chi connectivity index (χ3n) is 2.13. The number of anilines is 1. The molecule has 0 aliphatic rings. The standard InChI is InChI=1S/C10H15ClN2/c1-3-4-7(2)8-5-9(11)13-10(12)6-8/h5-7H,3-4H2,1-2H3,(H2,12,13). The Morgan fingerprint density at radius 1 is 1.54 bits per heavy atom. The molecule has 0 amide bonds. The molecule has 13 heavy (non-hydrogen) atoms. The van der Waals surface area contributed by atoms with Gasteiger partial charge in [-0.1, -0.05) is 31.9 Å². The van der Waals surface area contributed by atoms with Crippen molar-refractivity contribution in [1.82, 2.24) is 4.98 Å². The molecule has 0 bridgehead atoms. The van der Waals surface area contributed by atoms with Crippen LogP contribution in [0.3, 0.4) is 0 Å². The third-order valence-corrected chi connectivity index (χ3v) is 2.32. The van der Waals surface area contributed by atoms with Crippen molar-refractivity contribution in [2.75, 3.05) is 5.73 Å². The molecule has 0 saturated heterocycles. The van der Waals surface area contributed by atoms with E-state index >= 15 is 0 Å². The number of nitrogens with two attached hydrogens (primary N) is 1. The van der Waals surface area contributed by atoms with E-state index in [0.717, 1.165) is 6.42 Å². The molecule has 3 heteroatoms. The topological polar surface area (TPSA) is 38.9 Å². The van der Waals surface area contributed by atoms with Crippen molar-refractivity contribution in [2.45, 2.75) is 32.6 Å². The van der Waals surface area contributed by atoms with E-state index in [2.05, 4.69) is 18.8 Å². The van der Waals surface area contributed by atoms with Gasteiger partial charge in [-0.3, -0.25) is 0 Å². The second-order valence-corrected chi connectivity index (χ2v) is 3.73. The lowest BCUT2D eigenvalue weighted by molar-refractivity contribution is 0.664.